The lowest BCUT2D eigenvalue weighted by Gasteiger charge is -2.22. The molecule has 0 aliphatic carbocycles. The van der Waals surface area contributed by atoms with Gasteiger partial charge in [-0.15, -0.1) is 0 Å². The van der Waals surface area contributed by atoms with Gasteiger partial charge in [-0.1, -0.05) is 22.0 Å². The molecule has 1 aliphatic rings. The maximum atomic E-state index is 13.1. The molecule has 12 nitrogen and oxygen atoms in total. The predicted molar refractivity (Wildman–Crippen MR) is 147 cm³/mol. The Morgan fingerprint density at radius 1 is 1.20 bits per heavy atom. The molecular weight excluding hydrogens is 608 g/mol. The number of carbonyl (C=O) groups is 1. The van der Waals surface area contributed by atoms with Crippen molar-refractivity contribution >= 4 is 48.6 Å². The van der Waals surface area contributed by atoms with Crippen molar-refractivity contribution in [2.45, 2.75) is 23.8 Å². The van der Waals surface area contributed by atoms with Gasteiger partial charge in [0.15, 0.2) is 0 Å². The van der Waals surface area contributed by atoms with Gasteiger partial charge < -0.3 is 19.2 Å². The quantitative estimate of drug-likeness (QED) is 0.200. The number of H-pyrrole nitrogens is 1. The second kappa shape index (κ2) is 11.7. The molecule has 14 heteroatoms. The van der Waals surface area contributed by atoms with Crippen molar-refractivity contribution in [1.29, 1.82) is 0 Å². The van der Waals surface area contributed by atoms with Crippen LogP contribution in [0.1, 0.15) is 22.3 Å². The topological polar surface area (TPSA) is 163 Å². The van der Waals surface area contributed by atoms with Gasteiger partial charge in [0.05, 0.1) is 47.5 Å². The Morgan fingerprint density at radius 3 is 2.83 bits per heavy atom. The molecule has 0 unspecified atom stereocenters. The van der Waals surface area contributed by atoms with E-state index >= 15 is 0 Å². The average Bonchev–Trinajstić information content (AvgIpc) is 3.40. The number of hydrogen-bond donors (Lipinski definition) is 2. The van der Waals surface area contributed by atoms with Gasteiger partial charge in [0.25, 0.3) is 21.6 Å². The van der Waals surface area contributed by atoms with Gasteiger partial charge >= 0.3 is 0 Å². The molecule has 2 aromatic heterocycles. The number of sulfonamides is 1. The van der Waals surface area contributed by atoms with E-state index in [0.29, 0.717) is 54.1 Å². The molecule has 5 rings (SSSR count). The first-order valence-electron chi connectivity index (χ1n) is 12.1. The minimum absolute atomic E-state index is 0.0678. The zero-order valence-electron chi connectivity index (χ0n) is 20.8. The number of halogens is 1. The molecule has 1 aliphatic heterocycles. The Morgan fingerprint density at radius 2 is 2.05 bits per heavy atom. The largest absolute Gasteiger partial charge is 0.455 e. The first-order chi connectivity index (χ1) is 19.2. The van der Waals surface area contributed by atoms with E-state index in [0.717, 1.165) is 11.5 Å². The molecular formula is C26H23BrN4O8S. The third kappa shape index (κ3) is 6.31. The molecule has 208 valence electrons. The average molecular weight is 631 g/mol. The van der Waals surface area contributed by atoms with Crippen LogP contribution in [0.2, 0.25) is 0 Å². The van der Waals surface area contributed by atoms with E-state index in [-0.39, 0.29) is 23.1 Å². The summed E-state index contributed by atoms with van der Waals surface area (Å²) in [5.74, 6) is -0.563. The van der Waals surface area contributed by atoms with Crippen LogP contribution in [-0.4, -0.2) is 55.1 Å². The number of rotatable bonds is 9. The van der Waals surface area contributed by atoms with Gasteiger partial charge in [0.1, 0.15) is 17.1 Å². The Labute approximate surface area is 237 Å². The van der Waals surface area contributed by atoms with Gasteiger partial charge in [0, 0.05) is 27.7 Å². The molecule has 0 saturated carbocycles. The first-order valence-corrected chi connectivity index (χ1v) is 14.4. The van der Waals surface area contributed by atoms with Crippen LogP contribution in [-0.2, 0) is 25.9 Å². The van der Waals surface area contributed by atoms with Gasteiger partial charge in [-0.25, -0.2) is 18.1 Å². The van der Waals surface area contributed by atoms with Gasteiger partial charge in [-0.05, 0) is 49.2 Å². The van der Waals surface area contributed by atoms with Crippen molar-refractivity contribution in [3.05, 3.63) is 86.6 Å². The fourth-order valence-electron chi connectivity index (χ4n) is 4.22. The van der Waals surface area contributed by atoms with E-state index in [1.54, 1.807) is 24.4 Å². The summed E-state index contributed by atoms with van der Waals surface area (Å²) in [6, 6.07) is 11.5. The van der Waals surface area contributed by atoms with E-state index in [9.17, 15) is 23.3 Å². The molecule has 2 N–H and O–H groups in total. The molecule has 4 aromatic rings. The number of carbonyl (C=O) groups excluding carboxylic acids is 1. The maximum Gasteiger partial charge on any atom is 0.273 e. The molecule has 1 amide bonds. The highest BCUT2D eigenvalue weighted by atomic mass is 79.9. The van der Waals surface area contributed by atoms with Crippen LogP contribution in [0, 0.1) is 10.1 Å². The number of hydrogen-bond acceptors (Lipinski definition) is 9. The van der Waals surface area contributed by atoms with Crippen LogP contribution in [0.4, 0.5) is 5.69 Å². The number of pyridine rings is 1. The normalized spacial score (nSPS) is 15.6. The summed E-state index contributed by atoms with van der Waals surface area (Å²) in [6.07, 6.45) is 3.76. The minimum atomic E-state index is -4.47. The summed E-state index contributed by atoms with van der Waals surface area (Å²) in [6.45, 7) is 1.35. The number of benzene rings is 2. The number of fused-ring (bicyclic) bond motifs is 1. The Kier molecular flexibility index (Phi) is 8.12. The number of nitrogens with zero attached hydrogens (tertiary/aromatic N) is 2. The third-order valence-corrected chi connectivity index (χ3v) is 8.02. The summed E-state index contributed by atoms with van der Waals surface area (Å²) in [5.41, 5.74) is 0.567. The lowest BCUT2D eigenvalue weighted by molar-refractivity contribution is -0.385. The Bertz CT molecular complexity index is 1690. The number of ether oxygens (including phenoxy) is 3. The molecule has 1 saturated heterocycles. The number of nitrogens with one attached hydrogen (secondary N) is 2. The van der Waals surface area contributed by atoms with Crippen molar-refractivity contribution in [1.82, 2.24) is 14.7 Å². The highest BCUT2D eigenvalue weighted by Crippen LogP contribution is 2.31. The molecule has 0 bridgehead atoms. The van der Waals surface area contributed by atoms with Crippen molar-refractivity contribution in [3.8, 4) is 11.5 Å². The van der Waals surface area contributed by atoms with Crippen molar-refractivity contribution < 1.29 is 32.3 Å². The van der Waals surface area contributed by atoms with Gasteiger partial charge in [-0.2, -0.15) is 0 Å². The van der Waals surface area contributed by atoms with Gasteiger partial charge in [0.2, 0.25) is 0 Å². The standard InChI is InChI=1S/C26H23BrN4O8S/c27-18-3-6-22(24(12-18)39-20-11-17-7-8-28-25(17)29-14-20)26(32)30-40(35,36)21-5-2-16(23(13-21)31(33)34)1-4-19-15-37-9-10-38-19/h2-3,5-8,11-14,19H,1,4,9-10,15H2,(H,28,29)(H,30,32)/t19-/m1/s1. The molecule has 40 heavy (non-hydrogen) atoms. The Hall–Kier alpha value is -3.85. The van der Waals surface area contributed by atoms with Crippen molar-refractivity contribution in [3.63, 3.8) is 0 Å². The second-order valence-corrected chi connectivity index (χ2v) is 11.5. The molecule has 0 spiro atoms. The van der Waals surface area contributed by atoms with Crippen LogP contribution in [0.3, 0.4) is 0 Å². The van der Waals surface area contributed by atoms with E-state index in [1.165, 1.54) is 30.5 Å². The number of aryl methyl sites for hydroxylation is 1. The zero-order chi connectivity index (χ0) is 28.3. The van der Waals surface area contributed by atoms with E-state index < -0.39 is 25.7 Å². The molecule has 1 atom stereocenters. The summed E-state index contributed by atoms with van der Waals surface area (Å²) < 4.78 is 45.6. The number of nitro benzene ring substituents is 1. The fourth-order valence-corrected chi connectivity index (χ4v) is 5.54. The minimum Gasteiger partial charge on any atom is -0.455 e. The summed E-state index contributed by atoms with van der Waals surface area (Å²) in [4.78, 5) is 31.0. The van der Waals surface area contributed by atoms with E-state index in [2.05, 4.69) is 25.9 Å². The second-order valence-electron chi connectivity index (χ2n) is 8.92. The van der Waals surface area contributed by atoms with Crippen LogP contribution in [0.15, 0.2) is 70.3 Å². The SMILES string of the molecule is O=C(NS(=O)(=O)c1ccc(CC[C@@H]2COCCO2)c([N+](=O)[O-])c1)c1ccc(Br)cc1Oc1cnc2[nH]ccc2c1. The number of amides is 1. The van der Waals surface area contributed by atoms with Gasteiger partial charge in [-0.3, -0.25) is 14.9 Å². The lowest BCUT2D eigenvalue weighted by atomic mass is 10.0. The summed E-state index contributed by atoms with van der Waals surface area (Å²) >= 11 is 3.33. The molecule has 2 aromatic carbocycles. The van der Waals surface area contributed by atoms with Crippen molar-refractivity contribution in [2.75, 3.05) is 19.8 Å². The predicted octanol–water partition coefficient (Wildman–Crippen LogP) is 4.49. The number of nitro groups is 1. The Balaban J connectivity index is 1.35. The third-order valence-electron chi connectivity index (χ3n) is 6.20. The van der Waals surface area contributed by atoms with Crippen LogP contribution in [0.5, 0.6) is 11.5 Å². The lowest BCUT2D eigenvalue weighted by Crippen LogP contribution is -2.31. The fraction of sp³-hybridized carbons (Fsp3) is 0.231. The highest BCUT2D eigenvalue weighted by Gasteiger charge is 2.26. The molecule has 3 heterocycles. The summed E-state index contributed by atoms with van der Waals surface area (Å²) in [7, 11) is -4.47. The van der Waals surface area contributed by atoms with E-state index in [1.807, 2.05) is 4.72 Å². The highest BCUT2D eigenvalue weighted by molar-refractivity contribution is 9.10. The molecule has 1 fully saturated rings. The number of aromatic nitrogens is 2. The maximum absolute atomic E-state index is 13.1. The molecule has 0 radical (unpaired) electrons. The summed E-state index contributed by atoms with van der Waals surface area (Å²) in [5, 5.41) is 12.5. The van der Waals surface area contributed by atoms with E-state index in [4.69, 9.17) is 14.2 Å². The number of aromatic amines is 1. The zero-order valence-corrected chi connectivity index (χ0v) is 23.2. The van der Waals surface area contributed by atoms with Crippen LogP contribution >= 0.6 is 15.9 Å². The van der Waals surface area contributed by atoms with Crippen LogP contribution in [0.25, 0.3) is 11.0 Å². The van der Waals surface area contributed by atoms with Crippen molar-refractivity contribution in [2.24, 2.45) is 0 Å². The smallest absolute Gasteiger partial charge is 0.273 e. The first kappa shape index (κ1) is 27.7. The monoisotopic (exact) mass is 630 g/mol. The van der Waals surface area contributed by atoms with Crippen LogP contribution < -0.4 is 9.46 Å².